The SMILES string of the molecule is CCc1nc2c(C)cc(C)nc2n1C1CCCC2=C1CCC(OS(=O)(=O)C(F)(F)F)=C2. The zero-order valence-electron chi connectivity index (χ0n) is 17.6. The molecule has 1 unspecified atom stereocenters. The van der Waals surface area contributed by atoms with Crippen LogP contribution in [0.25, 0.3) is 11.2 Å². The fraction of sp³-hybridized carbons (Fsp3) is 0.524. The highest BCUT2D eigenvalue weighted by atomic mass is 32.2. The third-order valence-corrected chi connectivity index (χ3v) is 6.88. The van der Waals surface area contributed by atoms with E-state index in [9.17, 15) is 21.6 Å². The molecule has 0 aromatic carbocycles. The summed E-state index contributed by atoms with van der Waals surface area (Å²) in [4.78, 5) is 9.55. The van der Waals surface area contributed by atoms with E-state index in [1.165, 1.54) is 6.08 Å². The first-order valence-electron chi connectivity index (χ1n) is 10.3. The maximum atomic E-state index is 12.7. The molecule has 2 aliphatic rings. The lowest BCUT2D eigenvalue weighted by atomic mass is 9.81. The van der Waals surface area contributed by atoms with Crippen molar-refractivity contribution in [3.63, 3.8) is 0 Å². The zero-order chi connectivity index (χ0) is 22.6. The molecule has 168 valence electrons. The lowest BCUT2D eigenvalue weighted by Gasteiger charge is -2.32. The number of pyridine rings is 1. The predicted molar refractivity (Wildman–Crippen MR) is 110 cm³/mol. The summed E-state index contributed by atoms with van der Waals surface area (Å²) in [6.45, 7) is 5.98. The molecule has 2 aromatic heterocycles. The third-order valence-electron chi connectivity index (χ3n) is 5.88. The van der Waals surface area contributed by atoms with Gasteiger partial charge in [0.2, 0.25) is 0 Å². The van der Waals surface area contributed by atoms with Crippen LogP contribution in [0.15, 0.2) is 29.0 Å². The number of imidazole rings is 1. The largest absolute Gasteiger partial charge is 0.534 e. The van der Waals surface area contributed by atoms with Gasteiger partial charge in [0, 0.05) is 18.5 Å². The molecule has 0 saturated carbocycles. The molecule has 1 atom stereocenters. The standard InChI is InChI=1S/C21H24F3N3O3S/c1-4-18-26-19-12(2)10-13(3)25-20(19)27(18)17-7-5-6-14-11-15(8-9-16(14)17)30-31(28,29)21(22,23)24/h10-11,17H,4-9H2,1-3H3. The van der Waals surface area contributed by atoms with E-state index in [2.05, 4.69) is 8.75 Å². The number of aryl methyl sites for hydroxylation is 3. The Kier molecular flexibility index (Phi) is 5.39. The van der Waals surface area contributed by atoms with Crippen molar-refractivity contribution >= 4 is 21.3 Å². The van der Waals surface area contributed by atoms with Crippen molar-refractivity contribution in [1.29, 1.82) is 0 Å². The van der Waals surface area contributed by atoms with Crippen molar-refractivity contribution in [3.8, 4) is 0 Å². The van der Waals surface area contributed by atoms with Gasteiger partial charge < -0.3 is 8.75 Å². The van der Waals surface area contributed by atoms with Crippen LogP contribution in [0.3, 0.4) is 0 Å². The van der Waals surface area contributed by atoms with Crippen LogP contribution in [-0.2, 0) is 20.7 Å². The van der Waals surface area contributed by atoms with Crippen molar-refractivity contribution in [1.82, 2.24) is 14.5 Å². The summed E-state index contributed by atoms with van der Waals surface area (Å²) in [6.07, 6.45) is 5.11. The van der Waals surface area contributed by atoms with Gasteiger partial charge in [0.25, 0.3) is 0 Å². The van der Waals surface area contributed by atoms with Crippen LogP contribution in [0.5, 0.6) is 0 Å². The quantitative estimate of drug-likeness (QED) is 0.469. The van der Waals surface area contributed by atoms with Crippen molar-refractivity contribution in [2.24, 2.45) is 0 Å². The molecule has 6 nitrogen and oxygen atoms in total. The molecular weight excluding hydrogens is 431 g/mol. The highest BCUT2D eigenvalue weighted by Gasteiger charge is 2.49. The summed E-state index contributed by atoms with van der Waals surface area (Å²) in [7, 11) is -5.66. The van der Waals surface area contributed by atoms with Crippen LogP contribution >= 0.6 is 0 Å². The van der Waals surface area contributed by atoms with Crippen LogP contribution < -0.4 is 0 Å². The van der Waals surface area contributed by atoms with Crippen LogP contribution in [0.4, 0.5) is 13.2 Å². The molecule has 2 aliphatic carbocycles. The van der Waals surface area contributed by atoms with E-state index in [4.69, 9.17) is 9.97 Å². The van der Waals surface area contributed by atoms with Gasteiger partial charge in [-0.1, -0.05) is 6.92 Å². The fourth-order valence-electron chi connectivity index (χ4n) is 4.59. The topological polar surface area (TPSA) is 74.1 Å². The molecule has 0 saturated heterocycles. The van der Waals surface area contributed by atoms with E-state index in [-0.39, 0.29) is 18.2 Å². The molecule has 10 heteroatoms. The number of hydrogen-bond acceptors (Lipinski definition) is 5. The summed E-state index contributed by atoms with van der Waals surface area (Å²) in [5, 5.41) is 0. The Labute approximate surface area is 178 Å². The summed E-state index contributed by atoms with van der Waals surface area (Å²) < 4.78 is 67.5. The Morgan fingerprint density at radius 1 is 1.19 bits per heavy atom. The summed E-state index contributed by atoms with van der Waals surface area (Å²) in [5.41, 5.74) is 0.139. The number of rotatable bonds is 4. The second kappa shape index (κ2) is 7.65. The Hall–Kier alpha value is -2.36. The lowest BCUT2D eigenvalue weighted by molar-refractivity contribution is -0.0523. The molecule has 0 bridgehead atoms. The average Bonchev–Trinajstić information content (AvgIpc) is 3.04. The number of allylic oxidation sites excluding steroid dienone is 4. The van der Waals surface area contributed by atoms with Crippen molar-refractivity contribution in [2.75, 3.05) is 0 Å². The van der Waals surface area contributed by atoms with E-state index in [1.807, 2.05) is 26.8 Å². The highest BCUT2D eigenvalue weighted by molar-refractivity contribution is 7.87. The Balaban J connectivity index is 1.77. The molecule has 2 heterocycles. The molecule has 0 radical (unpaired) electrons. The van der Waals surface area contributed by atoms with Gasteiger partial charge in [-0.3, -0.25) is 0 Å². The smallest absolute Gasteiger partial charge is 0.381 e. The summed E-state index contributed by atoms with van der Waals surface area (Å²) in [6, 6.07) is 1.99. The Morgan fingerprint density at radius 3 is 2.61 bits per heavy atom. The van der Waals surface area contributed by atoms with Crippen LogP contribution in [0, 0.1) is 13.8 Å². The van der Waals surface area contributed by atoms with Gasteiger partial charge >= 0.3 is 15.6 Å². The van der Waals surface area contributed by atoms with Gasteiger partial charge in [0.1, 0.15) is 17.1 Å². The van der Waals surface area contributed by atoms with Gasteiger partial charge in [-0.05, 0) is 68.4 Å². The number of aromatic nitrogens is 3. The summed E-state index contributed by atoms with van der Waals surface area (Å²) in [5.74, 6) is 0.758. The highest BCUT2D eigenvalue weighted by Crippen LogP contribution is 2.43. The number of fused-ring (bicyclic) bond motifs is 1. The van der Waals surface area contributed by atoms with Crippen LogP contribution in [0.1, 0.15) is 62.2 Å². The second-order valence-corrected chi connectivity index (χ2v) is 9.59. The van der Waals surface area contributed by atoms with Crippen molar-refractivity contribution in [2.45, 2.75) is 70.8 Å². The summed E-state index contributed by atoms with van der Waals surface area (Å²) >= 11 is 0. The minimum Gasteiger partial charge on any atom is -0.381 e. The maximum Gasteiger partial charge on any atom is 0.534 e. The zero-order valence-corrected chi connectivity index (χ0v) is 18.4. The molecule has 2 aromatic rings. The van der Waals surface area contributed by atoms with Gasteiger partial charge in [0.05, 0.1) is 6.04 Å². The number of halogens is 3. The molecule has 0 aliphatic heterocycles. The minimum atomic E-state index is -5.66. The Morgan fingerprint density at radius 2 is 1.94 bits per heavy atom. The van der Waals surface area contributed by atoms with Gasteiger partial charge in [-0.15, -0.1) is 0 Å². The molecule has 4 rings (SSSR count). The van der Waals surface area contributed by atoms with Gasteiger partial charge in [-0.25, -0.2) is 9.97 Å². The average molecular weight is 456 g/mol. The van der Waals surface area contributed by atoms with Crippen LogP contribution in [0.2, 0.25) is 0 Å². The van der Waals surface area contributed by atoms with Gasteiger partial charge in [0.15, 0.2) is 5.65 Å². The predicted octanol–water partition coefficient (Wildman–Crippen LogP) is 5.18. The van der Waals surface area contributed by atoms with Crippen molar-refractivity contribution in [3.05, 3.63) is 46.1 Å². The number of nitrogens with zero attached hydrogens (tertiary/aromatic N) is 3. The van der Waals surface area contributed by atoms with E-state index < -0.39 is 15.6 Å². The molecule has 0 amide bonds. The molecular formula is C21H24F3N3O3S. The molecule has 0 fully saturated rings. The Bertz CT molecular complexity index is 1210. The molecule has 31 heavy (non-hydrogen) atoms. The first-order chi connectivity index (χ1) is 14.5. The van der Waals surface area contributed by atoms with Crippen LogP contribution in [-0.4, -0.2) is 28.5 Å². The fourth-order valence-corrected chi connectivity index (χ4v) is 5.10. The van der Waals surface area contributed by atoms with E-state index in [0.29, 0.717) is 12.8 Å². The van der Waals surface area contributed by atoms with E-state index >= 15 is 0 Å². The third kappa shape index (κ3) is 3.86. The number of hydrogen-bond donors (Lipinski definition) is 0. The first-order valence-corrected chi connectivity index (χ1v) is 11.7. The van der Waals surface area contributed by atoms with Crippen molar-refractivity contribution < 1.29 is 25.8 Å². The lowest BCUT2D eigenvalue weighted by Crippen LogP contribution is -2.26. The van der Waals surface area contributed by atoms with Gasteiger partial charge in [-0.2, -0.15) is 21.6 Å². The molecule has 0 spiro atoms. The normalized spacial score (nSPS) is 20.1. The minimum absolute atomic E-state index is 0.00516. The maximum absolute atomic E-state index is 12.7. The van der Waals surface area contributed by atoms with E-state index in [0.717, 1.165) is 58.7 Å². The first kappa shape index (κ1) is 21.9. The molecule has 0 N–H and O–H groups in total. The monoisotopic (exact) mass is 455 g/mol. The number of alkyl halides is 3. The van der Waals surface area contributed by atoms with E-state index in [1.54, 1.807) is 0 Å². The second-order valence-electron chi connectivity index (χ2n) is 8.06.